The molecule has 1 atom stereocenters. The van der Waals surface area contributed by atoms with Crippen LogP contribution in [0.2, 0.25) is 0 Å². The highest BCUT2D eigenvalue weighted by Crippen LogP contribution is 2.41. The highest BCUT2D eigenvalue weighted by Gasteiger charge is 2.52. The summed E-state index contributed by atoms with van der Waals surface area (Å²) >= 11 is 0. The number of benzene rings is 2. The fourth-order valence-electron chi connectivity index (χ4n) is 3.77. The number of methoxy groups -OCH3 is 1. The molecule has 1 heterocycles. The highest BCUT2D eigenvalue weighted by molar-refractivity contribution is 7.90. The van der Waals surface area contributed by atoms with Gasteiger partial charge in [-0.3, -0.25) is 14.4 Å². The molecule has 0 radical (unpaired) electrons. The van der Waals surface area contributed by atoms with E-state index in [1.165, 1.54) is 44.4 Å². The van der Waals surface area contributed by atoms with E-state index >= 15 is 0 Å². The van der Waals surface area contributed by atoms with Crippen molar-refractivity contribution in [2.75, 3.05) is 24.4 Å². The molecule has 4 N–H and O–H groups in total. The maximum Gasteiger partial charge on any atom is 0.318 e. The van der Waals surface area contributed by atoms with Gasteiger partial charge in [0, 0.05) is 25.7 Å². The van der Waals surface area contributed by atoms with Gasteiger partial charge in [-0.2, -0.15) is 0 Å². The molecule has 3 amide bonds. The second-order valence-corrected chi connectivity index (χ2v) is 10.3. The van der Waals surface area contributed by atoms with Gasteiger partial charge in [0.05, 0.1) is 23.9 Å². The largest absolute Gasteiger partial charge is 0.493 e. The molecule has 0 aromatic heterocycles. The van der Waals surface area contributed by atoms with E-state index in [1.807, 2.05) is 0 Å². The number of rotatable bonds is 8. The van der Waals surface area contributed by atoms with Crippen molar-refractivity contribution in [3.63, 3.8) is 0 Å². The van der Waals surface area contributed by atoms with E-state index in [4.69, 9.17) is 9.47 Å². The molecule has 12 nitrogen and oxygen atoms in total. The number of fused-ring (bicyclic) bond motifs is 1. The van der Waals surface area contributed by atoms with E-state index < -0.39 is 45.0 Å². The predicted octanol–water partition coefficient (Wildman–Crippen LogP) is 0.177. The zero-order valence-corrected chi connectivity index (χ0v) is 20.0. The maximum atomic E-state index is 13.4. The van der Waals surface area contributed by atoms with Gasteiger partial charge < -0.3 is 30.1 Å². The Morgan fingerprint density at radius 1 is 1.09 bits per heavy atom. The third-order valence-electron chi connectivity index (χ3n) is 4.99. The molecular formula is C22H24N2O10S. The Balaban J connectivity index is 2.22. The average Bonchev–Trinajstić information content (AvgIpc) is 2.96. The lowest BCUT2D eigenvalue weighted by Crippen LogP contribution is -2.53. The first kappa shape index (κ1) is 26.1. The van der Waals surface area contributed by atoms with Gasteiger partial charge in [0.1, 0.15) is 5.75 Å². The summed E-state index contributed by atoms with van der Waals surface area (Å²) in [5.41, 5.74) is -3.41. The Kier molecular flexibility index (Phi) is 6.65. The number of hydrogen-bond donors (Lipinski definition) is 4. The molecular weight excluding hydrogens is 484 g/mol. The molecule has 0 fully saturated rings. The molecule has 3 rings (SSSR count). The summed E-state index contributed by atoms with van der Waals surface area (Å²) in [6, 6.07) is 7.54. The molecule has 0 bridgehead atoms. The third kappa shape index (κ3) is 5.27. The van der Waals surface area contributed by atoms with Crippen LogP contribution in [-0.2, 0) is 20.4 Å². The van der Waals surface area contributed by atoms with Crippen molar-refractivity contribution in [3.8, 4) is 11.5 Å². The number of nitrogens with one attached hydrogen (secondary N) is 1. The van der Waals surface area contributed by atoms with Gasteiger partial charge in [0.2, 0.25) is 5.91 Å². The standard InChI is InChI=1S/C22H24N2O10S/c1-12(25)23-15-7-5-6-14-18(15)20(27)24(19(14)26)22(30,11-35(4,31)32)13-8-9-16(33-3)17(10-13)34-21(2,28)29/h5-10,28-30H,11H2,1-4H3,(H,23,25). The Bertz CT molecular complexity index is 1320. The highest BCUT2D eigenvalue weighted by atomic mass is 32.2. The summed E-state index contributed by atoms with van der Waals surface area (Å²) in [4.78, 5) is 38.7. The smallest absolute Gasteiger partial charge is 0.318 e. The van der Waals surface area contributed by atoms with Gasteiger partial charge in [-0.15, -0.1) is 0 Å². The van der Waals surface area contributed by atoms with Crippen LogP contribution in [0.4, 0.5) is 5.69 Å². The molecule has 1 aliphatic rings. The van der Waals surface area contributed by atoms with E-state index in [9.17, 15) is 38.1 Å². The van der Waals surface area contributed by atoms with Crippen molar-refractivity contribution in [1.29, 1.82) is 0 Å². The van der Waals surface area contributed by atoms with Crippen LogP contribution < -0.4 is 14.8 Å². The van der Waals surface area contributed by atoms with Gasteiger partial charge in [-0.05, 0) is 24.3 Å². The summed E-state index contributed by atoms with van der Waals surface area (Å²) in [5.74, 6) is -6.67. The monoisotopic (exact) mass is 508 g/mol. The summed E-state index contributed by atoms with van der Waals surface area (Å²) in [7, 11) is -2.78. The minimum absolute atomic E-state index is 0.00707. The summed E-state index contributed by atoms with van der Waals surface area (Å²) < 4.78 is 34.7. The Morgan fingerprint density at radius 2 is 1.74 bits per heavy atom. The van der Waals surface area contributed by atoms with Gasteiger partial charge in [0.15, 0.2) is 27.1 Å². The Morgan fingerprint density at radius 3 is 2.29 bits per heavy atom. The molecule has 1 aliphatic heterocycles. The normalized spacial score (nSPS) is 15.5. The van der Waals surface area contributed by atoms with E-state index in [2.05, 4.69) is 5.32 Å². The maximum absolute atomic E-state index is 13.4. The number of carbonyl (C=O) groups is 3. The van der Waals surface area contributed by atoms with Gasteiger partial charge in [0.25, 0.3) is 11.8 Å². The van der Waals surface area contributed by atoms with Crippen LogP contribution in [0.15, 0.2) is 36.4 Å². The number of aliphatic hydroxyl groups is 3. The van der Waals surface area contributed by atoms with Crippen LogP contribution >= 0.6 is 0 Å². The van der Waals surface area contributed by atoms with E-state index in [1.54, 1.807) is 0 Å². The lowest BCUT2D eigenvalue weighted by molar-refractivity contribution is -0.278. The molecule has 13 heteroatoms. The Labute approximate surface area is 200 Å². The van der Waals surface area contributed by atoms with E-state index in [0.717, 1.165) is 19.2 Å². The van der Waals surface area contributed by atoms with Crippen molar-refractivity contribution in [2.24, 2.45) is 0 Å². The molecule has 0 spiro atoms. The van der Waals surface area contributed by atoms with E-state index in [-0.39, 0.29) is 33.9 Å². The third-order valence-corrected chi connectivity index (χ3v) is 5.92. The molecule has 0 saturated heterocycles. The van der Waals surface area contributed by atoms with Gasteiger partial charge in [-0.25, -0.2) is 13.3 Å². The molecule has 0 saturated carbocycles. The van der Waals surface area contributed by atoms with Gasteiger partial charge in [-0.1, -0.05) is 12.1 Å². The summed E-state index contributed by atoms with van der Waals surface area (Å²) in [6.45, 7) is 2.10. The van der Waals surface area contributed by atoms with Crippen LogP contribution in [0.1, 0.15) is 40.1 Å². The number of amides is 3. The van der Waals surface area contributed by atoms with Crippen molar-refractivity contribution in [1.82, 2.24) is 4.90 Å². The van der Waals surface area contributed by atoms with Crippen molar-refractivity contribution >= 4 is 33.2 Å². The van der Waals surface area contributed by atoms with Gasteiger partial charge >= 0.3 is 5.97 Å². The second kappa shape index (κ2) is 8.92. The van der Waals surface area contributed by atoms with Crippen LogP contribution in [0.3, 0.4) is 0 Å². The van der Waals surface area contributed by atoms with E-state index in [0.29, 0.717) is 4.90 Å². The fraction of sp³-hybridized carbons (Fsp3) is 0.318. The minimum Gasteiger partial charge on any atom is -0.493 e. The molecule has 188 valence electrons. The topological polar surface area (TPSA) is 180 Å². The molecule has 1 unspecified atom stereocenters. The summed E-state index contributed by atoms with van der Waals surface area (Å²) in [5, 5.41) is 33.4. The number of carbonyl (C=O) groups excluding carboxylic acids is 3. The SMILES string of the molecule is COc1ccc(C(O)(CS(C)(=O)=O)N2C(=O)c3cccc(NC(C)=O)c3C2=O)cc1OC(C)(O)O. The van der Waals surface area contributed by atoms with Crippen LogP contribution in [-0.4, -0.2) is 71.5 Å². The first-order valence-corrected chi connectivity index (χ1v) is 12.2. The first-order valence-electron chi connectivity index (χ1n) is 10.1. The number of anilines is 1. The lowest BCUT2D eigenvalue weighted by atomic mass is 10.0. The fourth-order valence-corrected chi connectivity index (χ4v) is 4.80. The quantitative estimate of drug-likeness (QED) is 0.284. The summed E-state index contributed by atoms with van der Waals surface area (Å²) in [6.07, 6.45) is 0.804. The second-order valence-electron chi connectivity index (χ2n) is 8.14. The average molecular weight is 509 g/mol. The molecule has 2 aromatic rings. The number of sulfone groups is 1. The van der Waals surface area contributed by atoms with Crippen molar-refractivity contribution < 1.29 is 47.6 Å². The van der Waals surface area contributed by atoms with Crippen molar-refractivity contribution in [3.05, 3.63) is 53.1 Å². The van der Waals surface area contributed by atoms with Crippen molar-refractivity contribution in [2.45, 2.75) is 25.5 Å². The molecule has 2 aromatic carbocycles. The predicted molar refractivity (Wildman–Crippen MR) is 121 cm³/mol. The molecule has 35 heavy (non-hydrogen) atoms. The zero-order valence-electron chi connectivity index (χ0n) is 19.2. The Hall–Kier alpha value is -3.52. The number of nitrogens with zero attached hydrogens (tertiary/aromatic N) is 1. The number of hydrogen-bond acceptors (Lipinski definition) is 10. The van der Waals surface area contributed by atoms with Crippen LogP contribution in [0, 0.1) is 0 Å². The minimum atomic E-state index is -4.03. The lowest BCUT2D eigenvalue weighted by Gasteiger charge is -2.36. The molecule has 0 aliphatic carbocycles. The van der Waals surface area contributed by atoms with Crippen LogP contribution in [0.25, 0.3) is 0 Å². The first-order chi connectivity index (χ1) is 16.1. The van der Waals surface area contributed by atoms with Crippen LogP contribution in [0.5, 0.6) is 11.5 Å². The zero-order chi connectivity index (χ0) is 26.3. The number of imide groups is 1. The number of ether oxygens (including phenoxy) is 2.